The largest absolute Gasteiger partial charge is 0.341 e. The van der Waals surface area contributed by atoms with E-state index in [0.717, 1.165) is 34.8 Å². The van der Waals surface area contributed by atoms with Gasteiger partial charge in [0.25, 0.3) is 0 Å². The summed E-state index contributed by atoms with van der Waals surface area (Å²) in [6, 6.07) is 19.9. The molecule has 2 aromatic heterocycles. The van der Waals surface area contributed by atoms with E-state index >= 15 is 0 Å². The molecule has 0 aliphatic carbocycles. The molecule has 0 unspecified atom stereocenters. The van der Waals surface area contributed by atoms with E-state index in [9.17, 15) is 0 Å². The molecule has 0 saturated carbocycles. The van der Waals surface area contributed by atoms with Crippen molar-refractivity contribution in [1.82, 2.24) is 9.97 Å². The molecule has 2 aromatic carbocycles. The molecule has 4 rings (SSSR count). The summed E-state index contributed by atoms with van der Waals surface area (Å²) in [6.07, 6.45) is 0.760. The lowest BCUT2D eigenvalue weighted by Gasteiger charge is -2.06. The van der Waals surface area contributed by atoms with Gasteiger partial charge in [-0.1, -0.05) is 71.7 Å². The first-order valence-corrected chi connectivity index (χ1v) is 9.47. The van der Waals surface area contributed by atoms with Gasteiger partial charge >= 0.3 is 0 Å². The molecular weight excluding hydrogens is 371 g/mol. The SMILES string of the molecule is Clc1cccc(-c2nc(Cc3cccs3)[nH]c2-c2ccccc2)c1Cl. The molecule has 0 bridgehead atoms. The number of halogens is 2. The first-order valence-electron chi connectivity index (χ1n) is 7.83. The van der Waals surface area contributed by atoms with Gasteiger partial charge < -0.3 is 4.98 Å². The monoisotopic (exact) mass is 384 g/mol. The van der Waals surface area contributed by atoms with Crippen LogP contribution in [0.1, 0.15) is 10.7 Å². The third kappa shape index (κ3) is 3.36. The first-order chi connectivity index (χ1) is 12.2. The van der Waals surface area contributed by atoms with Gasteiger partial charge in [-0.25, -0.2) is 4.98 Å². The summed E-state index contributed by atoms with van der Waals surface area (Å²) in [4.78, 5) is 9.58. The lowest BCUT2D eigenvalue weighted by Crippen LogP contribution is -1.87. The molecule has 2 nitrogen and oxygen atoms in total. The summed E-state index contributed by atoms with van der Waals surface area (Å²) < 4.78 is 0. The van der Waals surface area contributed by atoms with Crippen molar-refractivity contribution in [1.29, 1.82) is 0 Å². The van der Waals surface area contributed by atoms with Crippen LogP contribution in [0.15, 0.2) is 66.0 Å². The van der Waals surface area contributed by atoms with Gasteiger partial charge in [-0.3, -0.25) is 0 Å². The number of H-pyrrole nitrogens is 1. The third-order valence-corrected chi connectivity index (χ3v) is 5.64. The number of nitrogens with one attached hydrogen (secondary N) is 1. The second-order valence-corrected chi connectivity index (χ2v) is 7.45. The van der Waals surface area contributed by atoms with E-state index in [1.165, 1.54) is 4.88 Å². The number of aromatic amines is 1. The predicted molar refractivity (Wildman–Crippen MR) is 107 cm³/mol. The van der Waals surface area contributed by atoms with E-state index in [1.807, 2.05) is 30.3 Å². The first kappa shape index (κ1) is 16.4. The van der Waals surface area contributed by atoms with Crippen LogP contribution >= 0.6 is 34.5 Å². The van der Waals surface area contributed by atoms with E-state index in [-0.39, 0.29) is 0 Å². The normalized spacial score (nSPS) is 11.0. The van der Waals surface area contributed by atoms with Crippen molar-refractivity contribution in [2.45, 2.75) is 6.42 Å². The zero-order chi connectivity index (χ0) is 17.2. The molecule has 124 valence electrons. The summed E-state index contributed by atoms with van der Waals surface area (Å²) in [6.45, 7) is 0. The van der Waals surface area contributed by atoms with Crippen molar-refractivity contribution in [3.63, 3.8) is 0 Å². The summed E-state index contributed by atoms with van der Waals surface area (Å²) in [5.41, 5.74) is 3.68. The van der Waals surface area contributed by atoms with Gasteiger partial charge in [-0.05, 0) is 17.5 Å². The van der Waals surface area contributed by atoms with Crippen molar-refractivity contribution >= 4 is 34.5 Å². The van der Waals surface area contributed by atoms with Crippen molar-refractivity contribution in [2.24, 2.45) is 0 Å². The molecule has 0 spiro atoms. The number of nitrogens with zero attached hydrogens (tertiary/aromatic N) is 1. The summed E-state index contributed by atoms with van der Waals surface area (Å²) >= 11 is 14.4. The summed E-state index contributed by atoms with van der Waals surface area (Å²) in [5, 5.41) is 3.13. The van der Waals surface area contributed by atoms with Crippen LogP contribution in [0.4, 0.5) is 0 Å². The lowest BCUT2D eigenvalue weighted by atomic mass is 10.1. The maximum Gasteiger partial charge on any atom is 0.112 e. The molecule has 5 heteroatoms. The van der Waals surface area contributed by atoms with Gasteiger partial charge in [0.1, 0.15) is 5.82 Å². The highest BCUT2D eigenvalue weighted by Crippen LogP contribution is 2.37. The number of hydrogen-bond acceptors (Lipinski definition) is 2. The van der Waals surface area contributed by atoms with Crippen LogP contribution in [0.25, 0.3) is 22.5 Å². The number of rotatable bonds is 4. The Morgan fingerprint density at radius 1 is 0.920 bits per heavy atom. The predicted octanol–water partition coefficient (Wildman–Crippen LogP) is 6.70. The second kappa shape index (κ2) is 7.04. The van der Waals surface area contributed by atoms with Crippen LogP contribution in [-0.4, -0.2) is 9.97 Å². The van der Waals surface area contributed by atoms with E-state index in [2.05, 4.69) is 34.6 Å². The molecule has 0 radical (unpaired) electrons. The molecule has 0 saturated heterocycles. The Morgan fingerprint density at radius 2 is 1.76 bits per heavy atom. The Kier molecular flexibility index (Phi) is 4.62. The Morgan fingerprint density at radius 3 is 2.52 bits per heavy atom. The van der Waals surface area contributed by atoms with Crippen LogP contribution < -0.4 is 0 Å². The molecule has 2 heterocycles. The van der Waals surface area contributed by atoms with E-state index < -0.39 is 0 Å². The van der Waals surface area contributed by atoms with Crippen LogP contribution in [0, 0.1) is 0 Å². The van der Waals surface area contributed by atoms with E-state index in [1.54, 1.807) is 17.4 Å². The molecule has 0 aliphatic heterocycles. The van der Waals surface area contributed by atoms with Gasteiger partial charge in [0, 0.05) is 22.4 Å². The summed E-state index contributed by atoms with van der Waals surface area (Å²) in [7, 11) is 0. The van der Waals surface area contributed by atoms with Crippen LogP contribution in [0.3, 0.4) is 0 Å². The Hall–Kier alpha value is -2.07. The van der Waals surface area contributed by atoms with Gasteiger partial charge in [-0.15, -0.1) is 11.3 Å². The maximum atomic E-state index is 6.46. The van der Waals surface area contributed by atoms with Gasteiger partial charge in [0.2, 0.25) is 0 Å². The number of imidazole rings is 1. The van der Waals surface area contributed by atoms with E-state index in [4.69, 9.17) is 28.2 Å². The highest BCUT2D eigenvalue weighted by Gasteiger charge is 2.17. The average Bonchev–Trinajstić information content (AvgIpc) is 3.28. The maximum absolute atomic E-state index is 6.46. The van der Waals surface area contributed by atoms with Crippen molar-refractivity contribution in [3.8, 4) is 22.5 Å². The fourth-order valence-electron chi connectivity index (χ4n) is 2.78. The van der Waals surface area contributed by atoms with Crippen LogP contribution in [0.5, 0.6) is 0 Å². The smallest absolute Gasteiger partial charge is 0.112 e. The standard InChI is InChI=1S/C20H14Cl2N2S/c21-16-10-4-9-15(18(16)22)20-19(13-6-2-1-3-7-13)23-17(24-20)12-14-8-5-11-25-14/h1-11H,12H2,(H,23,24). The molecular formula is C20H14Cl2N2S. The van der Waals surface area contributed by atoms with Gasteiger partial charge in [0.15, 0.2) is 0 Å². The zero-order valence-electron chi connectivity index (χ0n) is 13.2. The minimum Gasteiger partial charge on any atom is -0.341 e. The van der Waals surface area contributed by atoms with Gasteiger partial charge in [0.05, 0.1) is 21.4 Å². The number of thiophene rings is 1. The summed E-state index contributed by atoms with van der Waals surface area (Å²) in [5.74, 6) is 0.910. The van der Waals surface area contributed by atoms with E-state index in [0.29, 0.717) is 10.0 Å². The Bertz CT molecular complexity index is 992. The molecule has 0 amide bonds. The number of aromatic nitrogens is 2. The zero-order valence-corrected chi connectivity index (χ0v) is 15.5. The molecule has 0 aliphatic rings. The molecule has 25 heavy (non-hydrogen) atoms. The average molecular weight is 385 g/mol. The fourth-order valence-corrected chi connectivity index (χ4v) is 3.88. The highest BCUT2D eigenvalue weighted by atomic mass is 35.5. The van der Waals surface area contributed by atoms with Crippen molar-refractivity contribution in [2.75, 3.05) is 0 Å². The van der Waals surface area contributed by atoms with Gasteiger partial charge in [-0.2, -0.15) is 0 Å². The fraction of sp³-hybridized carbons (Fsp3) is 0.0500. The minimum absolute atomic E-state index is 0.524. The Labute approximate surface area is 160 Å². The third-order valence-electron chi connectivity index (χ3n) is 3.94. The van der Waals surface area contributed by atoms with Crippen molar-refractivity contribution in [3.05, 3.63) is 86.8 Å². The quantitative estimate of drug-likeness (QED) is 0.416. The lowest BCUT2D eigenvalue weighted by molar-refractivity contribution is 1.05. The molecule has 0 atom stereocenters. The minimum atomic E-state index is 0.524. The molecule has 4 aromatic rings. The molecule has 1 N–H and O–H groups in total. The number of hydrogen-bond donors (Lipinski definition) is 1. The second-order valence-electron chi connectivity index (χ2n) is 5.63. The Balaban J connectivity index is 1.86. The highest BCUT2D eigenvalue weighted by molar-refractivity contribution is 7.09. The number of benzene rings is 2. The topological polar surface area (TPSA) is 28.7 Å². The van der Waals surface area contributed by atoms with Crippen molar-refractivity contribution < 1.29 is 0 Å². The van der Waals surface area contributed by atoms with Crippen LogP contribution in [0.2, 0.25) is 10.0 Å². The van der Waals surface area contributed by atoms with Crippen LogP contribution in [-0.2, 0) is 6.42 Å². The molecule has 0 fully saturated rings.